The molecule has 0 spiro atoms. The highest BCUT2D eigenvalue weighted by Gasteiger charge is 2.47. The molecule has 7 nitrogen and oxygen atoms in total. The third-order valence-corrected chi connectivity index (χ3v) is 6.58. The summed E-state index contributed by atoms with van der Waals surface area (Å²) in [4.78, 5) is 12.8. The number of hydrogen-bond donors (Lipinski definition) is 2. The number of ether oxygens (including phenoxy) is 2. The van der Waals surface area contributed by atoms with E-state index in [9.17, 15) is 18.0 Å². The zero-order valence-corrected chi connectivity index (χ0v) is 18.0. The molecular formula is C24H21F3N4O3. The predicted octanol–water partition coefficient (Wildman–Crippen LogP) is 5.01. The summed E-state index contributed by atoms with van der Waals surface area (Å²) in [5.41, 5.74) is 3.61. The molecule has 10 heteroatoms. The van der Waals surface area contributed by atoms with Crippen molar-refractivity contribution in [3.63, 3.8) is 0 Å². The molecule has 176 valence electrons. The second-order valence-electron chi connectivity index (χ2n) is 8.75. The topological polar surface area (TPSA) is 77.4 Å². The van der Waals surface area contributed by atoms with E-state index in [1.807, 2.05) is 18.2 Å². The lowest BCUT2D eigenvalue weighted by atomic mass is 9.96. The zero-order chi connectivity index (χ0) is 23.4. The van der Waals surface area contributed by atoms with Crippen LogP contribution in [0.4, 0.5) is 24.7 Å². The van der Waals surface area contributed by atoms with Crippen LogP contribution >= 0.6 is 0 Å². The number of anilines is 2. The van der Waals surface area contributed by atoms with Crippen LogP contribution in [0.2, 0.25) is 0 Å². The number of carbonyl (C=O) groups is 1. The third kappa shape index (κ3) is 3.63. The second-order valence-corrected chi connectivity index (χ2v) is 8.75. The third-order valence-electron chi connectivity index (χ3n) is 6.58. The van der Waals surface area contributed by atoms with Crippen molar-refractivity contribution in [1.29, 1.82) is 0 Å². The Bertz CT molecular complexity index is 1290. The molecule has 1 amide bonds. The highest BCUT2D eigenvalue weighted by Crippen LogP contribution is 2.45. The lowest BCUT2D eigenvalue weighted by Crippen LogP contribution is -2.35. The van der Waals surface area contributed by atoms with Crippen molar-refractivity contribution < 1.29 is 27.4 Å². The number of aryl methyl sites for hydroxylation is 2. The number of alkyl halides is 3. The summed E-state index contributed by atoms with van der Waals surface area (Å²) >= 11 is 0. The predicted molar refractivity (Wildman–Crippen MR) is 117 cm³/mol. The van der Waals surface area contributed by atoms with Gasteiger partial charge in [-0.1, -0.05) is 12.1 Å². The van der Waals surface area contributed by atoms with Gasteiger partial charge in [0.15, 0.2) is 23.2 Å². The Morgan fingerprint density at radius 2 is 1.88 bits per heavy atom. The van der Waals surface area contributed by atoms with Crippen molar-refractivity contribution in [3.8, 4) is 11.5 Å². The van der Waals surface area contributed by atoms with Crippen molar-refractivity contribution >= 4 is 17.4 Å². The van der Waals surface area contributed by atoms with Gasteiger partial charge in [0.1, 0.15) is 5.82 Å². The van der Waals surface area contributed by atoms with Gasteiger partial charge in [-0.05, 0) is 60.2 Å². The van der Waals surface area contributed by atoms with Crippen LogP contribution in [0, 0.1) is 0 Å². The summed E-state index contributed by atoms with van der Waals surface area (Å²) in [6.07, 6.45) is -1.76. The molecule has 0 saturated heterocycles. The van der Waals surface area contributed by atoms with Crippen LogP contribution < -0.4 is 20.1 Å². The van der Waals surface area contributed by atoms with Gasteiger partial charge in [0, 0.05) is 18.2 Å². The average Bonchev–Trinajstić information content (AvgIpc) is 3.55. The fraction of sp³-hybridized carbons (Fsp3) is 0.333. The zero-order valence-electron chi connectivity index (χ0n) is 18.0. The van der Waals surface area contributed by atoms with Gasteiger partial charge in [0.05, 0.1) is 6.04 Å². The van der Waals surface area contributed by atoms with Crippen molar-refractivity contribution in [2.75, 3.05) is 17.4 Å². The molecule has 2 N–H and O–H groups in total. The minimum absolute atomic E-state index is 0.0800. The van der Waals surface area contributed by atoms with Crippen molar-refractivity contribution in [3.05, 3.63) is 64.8 Å². The lowest BCUT2D eigenvalue weighted by molar-refractivity contribution is -0.173. The van der Waals surface area contributed by atoms with Crippen molar-refractivity contribution in [1.82, 2.24) is 9.78 Å². The Morgan fingerprint density at radius 3 is 2.74 bits per heavy atom. The first-order valence-corrected chi connectivity index (χ1v) is 11.1. The average molecular weight is 470 g/mol. The van der Waals surface area contributed by atoms with Crippen LogP contribution in [0.25, 0.3) is 0 Å². The fourth-order valence-corrected chi connectivity index (χ4v) is 4.88. The van der Waals surface area contributed by atoms with E-state index in [0.29, 0.717) is 22.7 Å². The van der Waals surface area contributed by atoms with Gasteiger partial charge in [-0.25, -0.2) is 4.68 Å². The second kappa shape index (κ2) is 7.68. The van der Waals surface area contributed by atoms with Crippen molar-refractivity contribution in [2.45, 2.75) is 43.9 Å². The van der Waals surface area contributed by atoms with Crippen LogP contribution in [0.15, 0.2) is 42.5 Å². The molecule has 0 bridgehead atoms. The molecular weight excluding hydrogens is 449 g/mol. The van der Waals surface area contributed by atoms with E-state index >= 15 is 0 Å². The van der Waals surface area contributed by atoms with Crippen LogP contribution in [0.1, 0.15) is 52.1 Å². The Balaban J connectivity index is 1.28. The Hall–Kier alpha value is -3.69. The number of carbonyl (C=O) groups excluding carboxylic acids is 1. The highest BCUT2D eigenvalue weighted by atomic mass is 19.4. The maximum Gasteiger partial charge on any atom is 0.410 e. The van der Waals surface area contributed by atoms with Gasteiger partial charge >= 0.3 is 6.18 Å². The molecule has 0 radical (unpaired) electrons. The number of benzene rings is 2. The molecule has 34 heavy (non-hydrogen) atoms. The first-order valence-electron chi connectivity index (χ1n) is 11.1. The SMILES string of the molecule is O=C(Nc1ccc2c(c1)CCC2)c1cc2n(n1)[C@@H](C(F)(F)F)C[C@@H](c1ccc3c(c1)OCO3)N2. The monoisotopic (exact) mass is 470 g/mol. The van der Waals surface area contributed by atoms with Crippen LogP contribution in [-0.2, 0) is 12.8 Å². The molecule has 1 aliphatic carbocycles. The van der Waals surface area contributed by atoms with Gasteiger partial charge in [-0.3, -0.25) is 4.79 Å². The molecule has 0 saturated carbocycles. The van der Waals surface area contributed by atoms with E-state index < -0.39 is 24.2 Å². The molecule has 2 aromatic carbocycles. The lowest BCUT2D eigenvalue weighted by Gasteiger charge is -2.33. The number of rotatable bonds is 3. The number of nitrogens with zero attached hydrogens (tertiary/aromatic N) is 2. The van der Waals surface area contributed by atoms with Gasteiger partial charge in [-0.2, -0.15) is 18.3 Å². The molecule has 3 aliphatic rings. The summed E-state index contributed by atoms with van der Waals surface area (Å²) in [6.45, 7) is 0.0809. The summed E-state index contributed by atoms with van der Waals surface area (Å²) in [7, 11) is 0. The van der Waals surface area contributed by atoms with E-state index in [0.717, 1.165) is 23.9 Å². The van der Waals surface area contributed by atoms with E-state index in [1.165, 1.54) is 17.2 Å². The van der Waals surface area contributed by atoms with Crippen molar-refractivity contribution in [2.24, 2.45) is 0 Å². The molecule has 0 unspecified atom stereocenters. The Labute approximate surface area is 192 Å². The first kappa shape index (κ1) is 20.9. The largest absolute Gasteiger partial charge is 0.454 e. The molecule has 0 fully saturated rings. The number of amides is 1. The fourth-order valence-electron chi connectivity index (χ4n) is 4.88. The molecule has 6 rings (SSSR count). The van der Waals surface area contributed by atoms with Crippen LogP contribution in [-0.4, -0.2) is 28.7 Å². The molecule has 3 aromatic rings. The summed E-state index contributed by atoms with van der Waals surface area (Å²) < 4.78 is 53.5. The smallest absolute Gasteiger partial charge is 0.410 e. The van der Waals surface area contributed by atoms with Crippen LogP contribution in [0.3, 0.4) is 0 Å². The van der Waals surface area contributed by atoms with E-state index in [2.05, 4.69) is 15.7 Å². The molecule has 1 aromatic heterocycles. The molecule has 3 heterocycles. The number of halogens is 3. The Morgan fingerprint density at radius 1 is 1.06 bits per heavy atom. The van der Waals surface area contributed by atoms with E-state index in [4.69, 9.17) is 9.47 Å². The summed E-state index contributed by atoms with van der Waals surface area (Å²) in [5, 5.41) is 9.90. The maximum absolute atomic E-state index is 14.0. The quantitative estimate of drug-likeness (QED) is 0.563. The minimum atomic E-state index is -4.54. The molecule has 2 atom stereocenters. The van der Waals surface area contributed by atoms with Gasteiger partial charge in [0.25, 0.3) is 5.91 Å². The standard InChI is InChI=1S/C24H21F3N4O3/c25-24(26,27)21-10-17(15-5-7-19-20(9-15)34-12-33-19)29-22-11-18(30-31(21)22)23(32)28-16-6-4-13-2-1-3-14(13)8-16/h4-9,11,17,21,29H,1-3,10,12H2,(H,28,32)/t17-,21+/m0/s1. The molecule has 2 aliphatic heterocycles. The van der Waals surface area contributed by atoms with Gasteiger partial charge in [-0.15, -0.1) is 0 Å². The van der Waals surface area contributed by atoms with Gasteiger partial charge < -0.3 is 20.1 Å². The summed E-state index contributed by atoms with van der Waals surface area (Å²) in [5.74, 6) is 0.636. The normalized spacial score (nSPS) is 20.4. The summed E-state index contributed by atoms with van der Waals surface area (Å²) in [6, 6.07) is 9.64. The number of aromatic nitrogens is 2. The Kier molecular flexibility index (Phi) is 4.72. The number of fused-ring (bicyclic) bond motifs is 3. The van der Waals surface area contributed by atoms with Crippen LogP contribution in [0.5, 0.6) is 11.5 Å². The number of hydrogen-bond acceptors (Lipinski definition) is 5. The number of nitrogens with one attached hydrogen (secondary N) is 2. The maximum atomic E-state index is 14.0. The van der Waals surface area contributed by atoms with E-state index in [-0.39, 0.29) is 24.7 Å². The van der Waals surface area contributed by atoms with Gasteiger partial charge in [0.2, 0.25) is 6.79 Å². The van der Waals surface area contributed by atoms with E-state index in [1.54, 1.807) is 18.2 Å². The highest BCUT2D eigenvalue weighted by molar-refractivity contribution is 6.03. The first-order chi connectivity index (χ1) is 16.3. The minimum Gasteiger partial charge on any atom is -0.454 e.